The number of carbonyl (C=O) groups excluding carboxylic acids is 1. The number of carbonyl (C=O) groups is 1. The molecule has 0 aliphatic rings. The van der Waals surface area contributed by atoms with E-state index in [4.69, 9.17) is 4.55 Å². The minimum atomic E-state index is -3.98. The second-order valence-electron chi connectivity index (χ2n) is 4.96. The summed E-state index contributed by atoms with van der Waals surface area (Å²) in [5.41, 5.74) is 0.742. The van der Waals surface area contributed by atoms with Crippen LogP contribution < -0.4 is 10.2 Å². The van der Waals surface area contributed by atoms with Crippen LogP contribution in [-0.4, -0.2) is 38.3 Å². The van der Waals surface area contributed by atoms with E-state index in [2.05, 4.69) is 5.32 Å². The van der Waals surface area contributed by atoms with Gasteiger partial charge in [0.05, 0.1) is 5.75 Å². The van der Waals surface area contributed by atoms with Crippen LogP contribution in [-0.2, 0) is 10.1 Å². The maximum atomic E-state index is 12.0. The molecule has 2 N–H and O–H groups in total. The fraction of sp³-hybridized carbons (Fsp3) is 0.267. The fourth-order valence-electron chi connectivity index (χ4n) is 2.07. The van der Waals surface area contributed by atoms with Crippen LogP contribution in [0.3, 0.4) is 0 Å². The summed E-state index contributed by atoms with van der Waals surface area (Å²) < 4.78 is 29.8. The second kappa shape index (κ2) is 6.76. The van der Waals surface area contributed by atoms with Crippen molar-refractivity contribution in [3.63, 3.8) is 0 Å². The van der Waals surface area contributed by atoms with Gasteiger partial charge in [-0.3, -0.25) is 9.45 Å². The molecule has 0 bridgehead atoms. The Balaban J connectivity index is 1.97. The molecule has 0 aliphatic heterocycles. The third-order valence-electron chi connectivity index (χ3n) is 3.28. The highest BCUT2D eigenvalue weighted by Gasteiger charge is 2.11. The molecule has 0 saturated heterocycles. The van der Waals surface area contributed by atoms with Gasteiger partial charge in [0.2, 0.25) is 0 Å². The highest BCUT2D eigenvalue weighted by atomic mass is 32.2. The van der Waals surface area contributed by atoms with Crippen molar-refractivity contribution in [3.05, 3.63) is 42.5 Å². The summed E-state index contributed by atoms with van der Waals surface area (Å²) in [5, 5.41) is 4.74. The van der Waals surface area contributed by atoms with Gasteiger partial charge in [0.25, 0.3) is 10.1 Å². The van der Waals surface area contributed by atoms with Crippen LogP contribution in [0.2, 0.25) is 0 Å². The number of nitrogens with one attached hydrogen (secondary N) is 1. The van der Waals surface area contributed by atoms with Crippen molar-refractivity contribution in [2.24, 2.45) is 0 Å². The molecule has 2 amide bonds. The highest BCUT2D eigenvalue weighted by molar-refractivity contribution is 7.85. The van der Waals surface area contributed by atoms with Gasteiger partial charge in [0.1, 0.15) is 0 Å². The molecule has 22 heavy (non-hydrogen) atoms. The van der Waals surface area contributed by atoms with E-state index in [1.807, 2.05) is 42.5 Å². The van der Waals surface area contributed by atoms with Gasteiger partial charge >= 0.3 is 6.03 Å². The van der Waals surface area contributed by atoms with Crippen LogP contribution in [0.25, 0.3) is 10.8 Å². The van der Waals surface area contributed by atoms with Crippen molar-refractivity contribution in [2.45, 2.75) is 6.42 Å². The Hall–Kier alpha value is -2.12. The smallest absolute Gasteiger partial charge is 0.321 e. The van der Waals surface area contributed by atoms with Crippen LogP contribution in [0.5, 0.6) is 0 Å². The van der Waals surface area contributed by atoms with Gasteiger partial charge in [0, 0.05) is 19.3 Å². The van der Waals surface area contributed by atoms with E-state index in [1.165, 1.54) is 4.90 Å². The van der Waals surface area contributed by atoms with Gasteiger partial charge in [0.15, 0.2) is 0 Å². The molecule has 0 aliphatic carbocycles. The molecular formula is C15H18N2O4S. The summed E-state index contributed by atoms with van der Waals surface area (Å²) >= 11 is 0. The minimum Gasteiger partial charge on any atom is -0.338 e. The van der Waals surface area contributed by atoms with Gasteiger partial charge in [-0.1, -0.05) is 30.3 Å². The molecule has 2 rings (SSSR count). The first-order valence-electron chi connectivity index (χ1n) is 6.82. The monoisotopic (exact) mass is 322 g/mol. The lowest BCUT2D eigenvalue weighted by molar-refractivity contribution is 0.247. The molecule has 0 unspecified atom stereocenters. The largest absolute Gasteiger partial charge is 0.338 e. The van der Waals surface area contributed by atoms with Crippen molar-refractivity contribution in [3.8, 4) is 0 Å². The normalized spacial score (nSPS) is 11.4. The Bertz CT molecular complexity index is 774. The predicted molar refractivity (Wildman–Crippen MR) is 86.8 cm³/mol. The van der Waals surface area contributed by atoms with E-state index >= 15 is 0 Å². The molecule has 7 heteroatoms. The topological polar surface area (TPSA) is 86.7 Å². The number of nitrogens with zero attached hydrogens (tertiary/aromatic N) is 1. The lowest BCUT2D eigenvalue weighted by Gasteiger charge is -2.18. The quantitative estimate of drug-likeness (QED) is 0.653. The zero-order chi connectivity index (χ0) is 16.2. The van der Waals surface area contributed by atoms with Crippen LogP contribution >= 0.6 is 0 Å². The van der Waals surface area contributed by atoms with Crippen molar-refractivity contribution in [2.75, 3.05) is 24.2 Å². The number of anilines is 1. The number of hydrogen-bond donors (Lipinski definition) is 2. The van der Waals surface area contributed by atoms with Crippen LogP contribution in [0, 0.1) is 0 Å². The van der Waals surface area contributed by atoms with Crippen LogP contribution in [0.1, 0.15) is 6.42 Å². The van der Waals surface area contributed by atoms with E-state index in [-0.39, 0.29) is 24.7 Å². The third-order valence-corrected chi connectivity index (χ3v) is 4.08. The van der Waals surface area contributed by atoms with Crippen molar-refractivity contribution >= 4 is 32.6 Å². The van der Waals surface area contributed by atoms with Gasteiger partial charge in [-0.05, 0) is 29.3 Å². The molecule has 0 fully saturated rings. The molecule has 0 radical (unpaired) electrons. The lowest BCUT2D eigenvalue weighted by atomic mass is 10.1. The predicted octanol–water partition coefficient (Wildman–Crippen LogP) is 2.26. The van der Waals surface area contributed by atoms with Crippen molar-refractivity contribution < 1.29 is 17.8 Å². The first-order valence-corrected chi connectivity index (χ1v) is 8.43. The molecule has 0 heterocycles. The summed E-state index contributed by atoms with van der Waals surface area (Å²) in [6.07, 6.45) is 0.163. The number of rotatable bonds is 5. The molecule has 0 atom stereocenters. The summed E-state index contributed by atoms with van der Waals surface area (Å²) in [6, 6.07) is 13.2. The van der Waals surface area contributed by atoms with Gasteiger partial charge in [-0.25, -0.2) is 4.79 Å². The maximum Gasteiger partial charge on any atom is 0.321 e. The standard InChI is InChI=1S/C15H18N2O4S/c1-17(15(18)16-9-4-10-22(19,20)21)14-8-7-12-5-2-3-6-13(12)11-14/h2-3,5-8,11H,4,9-10H2,1H3,(H,16,18)(H,19,20,21). The van der Waals surface area contributed by atoms with E-state index in [0.717, 1.165) is 16.5 Å². The van der Waals surface area contributed by atoms with Crippen LogP contribution in [0.4, 0.5) is 10.5 Å². The zero-order valence-corrected chi connectivity index (χ0v) is 13.0. The molecule has 0 spiro atoms. The molecule has 2 aromatic carbocycles. The number of amides is 2. The highest BCUT2D eigenvalue weighted by Crippen LogP contribution is 2.21. The number of urea groups is 1. The Morgan fingerprint density at radius 1 is 1.18 bits per heavy atom. The number of benzene rings is 2. The van der Waals surface area contributed by atoms with Crippen molar-refractivity contribution in [1.29, 1.82) is 0 Å². The molecule has 6 nitrogen and oxygen atoms in total. The summed E-state index contributed by atoms with van der Waals surface area (Å²) in [4.78, 5) is 13.5. The van der Waals surface area contributed by atoms with Gasteiger partial charge in [-0.2, -0.15) is 8.42 Å². The Morgan fingerprint density at radius 3 is 2.55 bits per heavy atom. The van der Waals surface area contributed by atoms with Crippen LogP contribution in [0.15, 0.2) is 42.5 Å². The Labute approximate surface area is 129 Å². The summed E-state index contributed by atoms with van der Waals surface area (Å²) in [5.74, 6) is -0.368. The Kier molecular flexibility index (Phi) is 4.99. The fourth-order valence-corrected chi connectivity index (χ4v) is 2.58. The third kappa shape index (κ3) is 4.44. The molecule has 0 saturated carbocycles. The maximum absolute atomic E-state index is 12.0. The molecule has 2 aromatic rings. The molecule has 118 valence electrons. The lowest BCUT2D eigenvalue weighted by Crippen LogP contribution is -2.38. The minimum absolute atomic E-state index is 0.163. The first kappa shape index (κ1) is 16.3. The van der Waals surface area contributed by atoms with E-state index in [9.17, 15) is 13.2 Å². The second-order valence-corrected chi connectivity index (χ2v) is 6.53. The van der Waals surface area contributed by atoms with E-state index < -0.39 is 10.1 Å². The van der Waals surface area contributed by atoms with E-state index in [1.54, 1.807) is 7.05 Å². The van der Waals surface area contributed by atoms with Gasteiger partial charge in [-0.15, -0.1) is 0 Å². The summed E-state index contributed by atoms with van der Waals surface area (Å²) in [7, 11) is -2.34. The van der Waals surface area contributed by atoms with Gasteiger partial charge < -0.3 is 5.32 Å². The number of fused-ring (bicyclic) bond motifs is 1. The molecular weight excluding hydrogens is 304 g/mol. The van der Waals surface area contributed by atoms with Crippen molar-refractivity contribution in [1.82, 2.24) is 5.32 Å². The number of hydrogen-bond acceptors (Lipinski definition) is 3. The SMILES string of the molecule is CN(C(=O)NCCCS(=O)(=O)O)c1ccc2ccccc2c1. The Morgan fingerprint density at radius 2 is 1.86 bits per heavy atom. The first-order chi connectivity index (χ1) is 10.4. The average molecular weight is 322 g/mol. The molecule has 0 aromatic heterocycles. The average Bonchev–Trinajstić information content (AvgIpc) is 2.49. The summed E-state index contributed by atoms with van der Waals surface area (Å²) in [6.45, 7) is 0.177. The van der Waals surface area contributed by atoms with E-state index in [0.29, 0.717) is 0 Å². The zero-order valence-electron chi connectivity index (χ0n) is 12.2.